The summed E-state index contributed by atoms with van der Waals surface area (Å²) in [7, 11) is -3.75. The molecule has 1 heterocycles. The van der Waals surface area contributed by atoms with Crippen molar-refractivity contribution in [2.24, 2.45) is 5.14 Å². The molecule has 0 radical (unpaired) electrons. The Kier molecular flexibility index (Phi) is 5.02. The third-order valence-electron chi connectivity index (χ3n) is 4.91. The van der Waals surface area contributed by atoms with Crippen LogP contribution in [0.4, 0.5) is 5.69 Å². The van der Waals surface area contributed by atoms with Gasteiger partial charge in [0.05, 0.1) is 4.90 Å². The van der Waals surface area contributed by atoms with E-state index in [0.717, 1.165) is 13.1 Å². The molecule has 1 fully saturated rings. The minimum absolute atomic E-state index is 0.00814. The number of rotatable bonds is 3. The first-order valence-electron chi connectivity index (χ1n) is 8.50. The van der Waals surface area contributed by atoms with Crippen LogP contribution in [0, 0.1) is 13.8 Å². The van der Waals surface area contributed by atoms with Crippen LogP contribution in [0.5, 0.6) is 0 Å². The number of carbonyl (C=O) groups excluding carboxylic acids is 1. The minimum atomic E-state index is -3.75. The van der Waals surface area contributed by atoms with E-state index in [4.69, 9.17) is 5.14 Å². The first-order chi connectivity index (χ1) is 12.3. The molecule has 1 aliphatic heterocycles. The molecule has 7 heteroatoms. The maximum Gasteiger partial charge on any atom is 0.253 e. The number of nitrogens with zero attached hydrogens (tertiary/aromatic N) is 2. The summed E-state index contributed by atoms with van der Waals surface area (Å²) in [5.41, 5.74) is 4.22. The molecule has 0 atom stereocenters. The summed E-state index contributed by atoms with van der Waals surface area (Å²) in [6.07, 6.45) is 0. The van der Waals surface area contributed by atoms with Gasteiger partial charge in [0.1, 0.15) is 0 Å². The van der Waals surface area contributed by atoms with Crippen molar-refractivity contribution in [1.29, 1.82) is 0 Å². The molecular formula is C19H23N3O3S. The van der Waals surface area contributed by atoms with Gasteiger partial charge in [-0.2, -0.15) is 0 Å². The van der Waals surface area contributed by atoms with Crippen LogP contribution in [-0.4, -0.2) is 45.4 Å². The van der Waals surface area contributed by atoms with E-state index in [1.165, 1.54) is 41.1 Å². The van der Waals surface area contributed by atoms with E-state index >= 15 is 0 Å². The molecule has 138 valence electrons. The molecule has 2 N–H and O–H groups in total. The highest BCUT2D eigenvalue weighted by molar-refractivity contribution is 7.89. The van der Waals surface area contributed by atoms with Crippen molar-refractivity contribution >= 4 is 21.6 Å². The number of benzene rings is 2. The van der Waals surface area contributed by atoms with Gasteiger partial charge in [-0.05, 0) is 55.3 Å². The molecule has 26 heavy (non-hydrogen) atoms. The van der Waals surface area contributed by atoms with Gasteiger partial charge in [0.2, 0.25) is 10.0 Å². The Labute approximate surface area is 154 Å². The Hall–Kier alpha value is -2.38. The number of nitrogens with two attached hydrogens (primary N) is 1. The van der Waals surface area contributed by atoms with E-state index in [2.05, 4.69) is 36.9 Å². The van der Waals surface area contributed by atoms with Crippen molar-refractivity contribution in [2.75, 3.05) is 31.1 Å². The van der Waals surface area contributed by atoms with Crippen LogP contribution in [0.3, 0.4) is 0 Å². The molecule has 0 spiro atoms. The third kappa shape index (κ3) is 3.73. The van der Waals surface area contributed by atoms with Crippen molar-refractivity contribution in [3.63, 3.8) is 0 Å². The molecule has 2 aromatic rings. The van der Waals surface area contributed by atoms with Crippen LogP contribution >= 0.6 is 0 Å². The van der Waals surface area contributed by atoms with Gasteiger partial charge in [0.15, 0.2) is 0 Å². The van der Waals surface area contributed by atoms with Crippen LogP contribution in [0.1, 0.15) is 21.5 Å². The van der Waals surface area contributed by atoms with Crippen LogP contribution in [0.25, 0.3) is 0 Å². The van der Waals surface area contributed by atoms with Crippen molar-refractivity contribution in [2.45, 2.75) is 18.7 Å². The highest BCUT2D eigenvalue weighted by Gasteiger charge is 2.23. The average Bonchev–Trinajstić information content (AvgIpc) is 2.63. The van der Waals surface area contributed by atoms with Crippen LogP contribution in [0.15, 0.2) is 47.4 Å². The lowest BCUT2D eigenvalue weighted by atomic mass is 10.1. The van der Waals surface area contributed by atoms with E-state index < -0.39 is 10.0 Å². The minimum Gasteiger partial charge on any atom is -0.368 e. The number of primary sulfonamides is 1. The van der Waals surface area contributed by atoms with Gasteiger partial charge in [-0.25, -0.2) is 13.6 Å². The van der Waals surface area contributed by atoms with Gasteiger partial charge in [-0.15, -0.1) is 0 Å². The molecule has 0 aromatic heterocycles. The zero-order valence-electron chi connectivity index (χ0n) is 15.0. The highest BCUT2D eigenvalue weighted by atomic mass is 32.2. The summed E-state index contributed by atoms with van der Waals surface area (Å²) in [5, 5.41) is 5.09. The monoisotopic (exact) mass is 373 g/mol. The summed E-state index contributed by atoms with van der Waals surface area (Å²) in [5.74, 6) is -0.0911. The number of hydrogen-bond donors (Lipinski definition) is 1. The van der Waals surface area contributed by atoms with Crippen LogP contribution in [0.2, 0.25) is 0 Å². The fourth-order valence-corrected chi connectivity index (χ4v) is 3.71. The normalized spacial score (nSPS) is 15.2. The van der Waals surface area contributed by atoms with Crippen LogP contribution in [-0.2, 0) is 10.0 Å². The fraction of sp³-hybridized carbons (Fsp3) is 0.316. The molecule has 1 amide bonds. The molecule has 0 bridgehead atoms. The van der Waals surface area contributed by atoms with E-state index in [9.17, 15) is 13.2 Å². The Morgan fingerprint density at radius 2 is 1.58 bits per heavy atom. The van der Waals surface area contributed by atoms with E-state index in [1.54, 1.807) is 4.90 Å². The fourth-order valence-electron chi connectivity index (χ4n) is 3.20. The summed E-state index contributed by atoms with van der Waals surface area (Å²) in [6.45, 7) is 7.02. The van der Waals surface area contributed by atoms with E-state index in [0.29, 0.717) is 18.7 Å². The van der Waals surface area contributed by atoms with Gasteiger partial charge < -0.3 is 9.80 Å². The van der Waals surface area contributed by atoms with E-state index in [1.807, 2.05) is 0 Å². The van der Waals surface area contributed by atoms with Crippen molar-refractivity contribution in [3.8, 4) is 0 Å². The van der Waals surface area contributed by atoms with Gasteiger partial charge in [0, 0.05) is 37.4 Å². The second-order valence-electron chi connectivity index (χ2n) is 6.57. The number of anilines is 1. The zero-order valence-corrected chi connectivity index (χ0v) is 15.8. The molecule has 2 aromatic carbocycles. The predicted molar refractivity (Wildman–Crippen MR) is 102 cm³/mol. The van der Waals surface area contributed by atoms with Crippen LogP contribution < -0.4 is 10.0 Å². The topological polar surface area (TPSA) is 83.7 Å². The van der Waals surface area contributed by atoms with Gasteiger partial charge in [-0.1, -0.05) is 12.1 Å². The van der Waals surface area contributed by atoms with Crippen molar-refractivity contribution < 1.29 is 13.2 Å². The van der Waals surface area contributed by atoms with Crippen molar-refractivity contribution in [3.05, 3.63) is 59.2 Å². The number of carbonyl (C=O) groups is 1. The van der Waals surface area contributed by atoms with Crippen molar-refractivity contribution in [1.82, 2.24) is 4.90 Å². The lowest BCUT2D eigenvalue weighted by Crippen LogP contribution is -2.49. The quantitative estimate of drug-likeness (QED) is 0.891. The smallest absolute Gasteiger partial charge is 0.253 e. The SMILES string of the molecule is Cc1cccc(N2CCN(C(=O)c3ccc(S(N)(=O)=O)cc3)CC2)c1C. The molecule has 0 aliphatic carbocycles. The van der Waals surface area contributed by atoms with E-state index in [-0.39, 0.29) is 10.8 Å². The predicted octanol–water partition coefficient (Wildman–Crippen LogP) is 1.91. The first kappa shape index (κ1) is 18.4. The van der Waals surface area contributed by atoms with Gasteiger partial charge >= 0.3 is 0 Å². The summed E-state index contributed by atoms with van der Waals surface area (Å²) >= 11 is 0. The first-order valence-corrected chi connectivity index (χ1v) is 10.1. The molecular weight excluding hydrogens is 350 g/mol. The Morgan fingerprint density at radius 3 is 2.15 bits per heavy atom. The number of sulfonamides is 1. The average molecular weight is 373 g/mol. The lowest BCUT2D eigenvalue weighted by Gasteiger charge is -2.37. The Balaban J connectivity index is 1.68. The Bertz CT molecular complexity index is 916. The number of amides is 1. The Morgan fingerprint density at radius 1 is 0.962 bits per heavy atom. The second kappa shape index (κ2) is 7.09. The van der Waals surface area contributed by atoms with Gasteiger partial charge in [-0.3, -0.25) is 4.79 Å². The molecule has 0 saturated carbocycles. The number of hydrogen-bond acceptors (Lipinski definition) is 4. The zero-order chi connectivity index (χ0) is 18.9. The highest BCUT2D eigenvalue weighted by Crippen LogP contribution is 2.24. The number of piperazine rings is 1. The van der Waals surface area contributed by atoms with Gasteiger partial charge in [0.25, 0.3) is 5.91 Å². The summed E-state index contributed by atoms with van der Waals surface area (Å²) in [6, 6.07) is 12.0. The largest absolute Gasteiger partial charge is 0.368 e. The molecule has 3 rings (SSSR count). The second-order valence-corrected chi connectivity index (χ2v) is 8.13. The standard InChI is InChI=1S/C19H23N3O3S/c1-14-4-3-5-18(15(14)2)21-10-12-22(13-11-21)19(23)16-6-8-17(9-7-16)26(20,24)25/h3-9H,10-13H2,1-2H3,(H2,20,24,25). The number of aryl methyl sites for hydroxylation is 1. The molecule has 1 aliphatic rings. The third-order valence-corrected chi connectivity index (χ3v) is 5.84. The molecule has 1 saturated heterocycles. The summed E-state index contributed by atoms with van der Waals surface area (Å²) < 4.78 is 22.6. The molecule has 0 unspecified atom stereocenters. The maximum atomic E-state index is 12.7. The maximum absolute atomic E-state index is 12.7. The molecule has 6 nitrogen and oxygen atoms in total. The summed E-state index contributed by atoms with van der Waals surface area (Å²) in [4.78, 5) is 16.8. The lowest BCUT2D eigenvalue weighted by molar-refractivity contribution is 0.0746.